The normalized spacial score (nSPS) is 11.8. The Morgan fingerprint density at radius 2 is 1.65 bits per heavy atom. The number of ketones is 1. The topological polar surface area (TPSA) is 142 Å². The molecular formula is C24H26FN5O4. The smallest absolute Gasteiger partial charge is 0.332 e. The highest BCUT2D eigenvalue weighted by atomic mass is 19.1. The standard InChI is InChI=1S/C24H26FN5O4/c1-2-29-23(33)20(21(26)30(24(29)34)14-16-8-10-17(25)11-9-16)19(31)13-28-18(22(27)32)12-15-6-4-3-5-7-15/h3-11,18,28H,2,12-14,26H2,1H3,(H2,27,32)/t18-/m0/s1. The van der Waals surface area contributed by atoms with Gasteiger partial charge in [0.05, 0.1) is 19.1 Å². The number of aromatic nitrogens is 2. The zero-order valence-electron chi connectivity index (χ0n) is 18.7. The van der Waals surface area contributed by atoms with Crippen molar-refractivity contribution >= 4 is 17.5 Å². The average Bonchev–Trinajstić information content (AvgIpc) is 2.81. The summed E-state index contributed by atoms with van der Waals surface area (Å²) < 4.78 is 15.3. The molecule has 3 aromatic rings. The zero-order valence-corrected chi connectivity index (χ0v) is 18.7. The number of carbonyl (C=O) groups is 2. The first kappa shape index (κ1) is 24.6. The molecule has 0 aliphatic rings. The molecule has 0 spiro atoms. The number of hydrogen-bond donors (Lipinski definition) is 3. The predicted octanol–water partition coefficient (Wildman–Crippen LogP) is 0.668. The first-order valence-electron chi connectivity index (χ1n) is 10.7. The SMILES string of the molecule is CCn1c(=O)c(C(=O)CN[C@@H](Cc2ccccc2)C(N)=O)c(N)n(Cc2ccc(F)cc2)c1=O. The van der Waals surface area contributed by atoms with Crippen LogP contribution in [-0.4, -0.2) is 33.4 Å². The molecule has 0 aliphatic heterocycles. The van der Waals surface area contributed by atoms with Gasteiger partial charge in [0.2, 0.25) is 5.91 Å². The Morgan fingerprint density at radius 1 is 1.00 bits per heavy atom. The molecule has 0 bridgehead atoms. The highest BCUT2D eigenvalue weighted by Crippen LogP contribution is 2.11. The Labute approximate surface area is 194 Å². The molecule has 0 unspecified atom stereocenters. The Balaban J connectivity index is 1.90. The zero-order chi connectivity index (χ0) is 24.8. The van der Waals surface area contributed by atoms with Gasteiger partial charge in [0.1, 0.15) is 17.2 Å². The predicted molar refractivity (Wildman–Crippen MR) is 126 cm³/mol. The number of nitrogens with zero attached hydrogens (tertiary/aromatic N) is 2. The second-order valence-electron chi connectivity index (χ2n) is 7.75. The van der Waals surface area contributed by atoms with Gasteiger partial charge in [-0.3, -0.25) is 28.8 Å². The van der Waals surface area contributed by atoms with E-state index in [1.807, 2.05) is 30.3 Å². The lowest BCUT2D eigenvalue weighted by Crippen LogP contribution is -2.48. The van der Waals surface area contributed by atoms with Crippen molar-refractivity contribution in [3.05, 3.63) is 97.9 Å². The molecule has 2 aromatic carbocycles. The molecule has 0 aliphatic carbocycles. The number of nitrogens with one attached hydrogen (secondary N) is 1. The van der Waals surface area contributed by atoms with Crippen LogP contribution >= 0.6 is 0 Å². The van der Waals surface area contributed by atoms with Gasteiger partial charge in [-0.15, -0.1) is 0 Å². The second kappa shape index (κ2) is 10.7. The van der Waals surface area contributed by atoms with E-state index < -0.39 is 41.3 Å². The fourth-order valence-corrected chi connectivity index (χ4v) is 3.61. The molecule has 178 valence electrons. The number of halogens is 1. The van der Waals surface area contributed by atoms with Crippen molar-refractivity contribution in [2.24, 2.45) is 5.73 Å². The molecule has 0 radical (unpaired) electrons. The van der Waals surface area contributed by atoms with Gasteiger partial charge in [-0.05, 0) is 36.6 Å². The second-order valence-corrected chi connectivity index (χ2v) is 7.75. The van der Waals surface area contributed by atoms with E-state index in [2.05, 4.69) is 5.32 Å². The summed E-state index contributed by atoms with van der Waals surface area (Å²) in [5, 5.41) is 2.79. The first-order chi connectivity index (χ1) is 16.2. The molecule has 1 aromatic heterocycles. The quantitative estimate of drug-likeness (QED) is 0.374. The van der Waals surface area contributed by atoms with Crippen LogP contribution in [-0.2, 0) is 24.3 Å². The maximum Gasteiger partial charge on any atom is 0.332 e. The summed E-state index contributed by atoms with van der Waals surface area (Å²) in [7, 11) is 0. The maximum absolute atomic E-state index is 13.2. The highest BCUT2D eigenvalue weighted by Gasteiger charge is 2.24. The summed E-state index contributed by atoms with van der Waals surface area (Å²) in [4.78, 5) is 50.6. The summed E-state index contributed by atoms with van der Waals surface area (Å²) in [6, 6.07) is 13.7. The van der Waals surface area contributed by atoms with E-state index in [-0.39, 0.29) is 30.9 Å². The van der Waals surface area contributed by atoms with Gasteiger partial charge in [-0.2, -0.15) is 0 Å². The molecule has 34 heavy (non-hydrogen) atoms. The summed E-state index contributed by atoms with van der Waals surface area (Å²) in [5.74, 6) is -2.08. The minimum atomic E-state index is -0.855. The summed E-state index contributed by atoms with van der Waals surface area (Å²) in [5.41, 5.74) is 11.1. The van der Waals surface area contributed by atoms with Crippen LogP contribution in [0, 0.1) is 5.82 Å². The summed E-state index contributed by atoms with van der Waals surface area (Å²) in [6.45, 7) is 1.17. The Bertz CT molecular complexity index is 1300. The molecule has 1 heterocycles. The van der Waals surface area contributed by atoms with Crippen molar-refractivity contribution in [2.45, 2.75) is 32.5 Å². The van der Waals surface area contributed by atoms with Crippen LogP contribution in [0.15, 0.2) is 64.2 Å². The van der Waals surface area contributed by atoms with Gasteiger partial charge in [0.15, 0.2) is 5.78 Å². The van der Waals surface area contributed by atoms with Crippen molar-refractivity contribution < 1.29 is 14.0 Å². The van der Waals surface area contributed by atoms with Gasteiger partial charge in [0.25, 0.3) is 5.56 Å². The number of anilines is 1. The number of primary amides is 1. The number of carbonyl (C=O) groups excluding carboxylic acids is 2. The molecule has 1 amide bonds. The largest absolute Gasteiger partial charge is 0.384 e. The number of amides is 1. The molecular weight excluding hydrogens is 441 g/mol. The molecule has 0 fully saturated rings. The van der Waals surface area contributed by atoms with E-state index >= 15 is 0 Å². The van der Waals surface area contributed by atoms with E-state index in [4.69, 9.17) is 11.5 Å². The van der Waals surface area contributed by atoms with Crippen LogP contribution < -0.4 is 28.0 Å². The Morgan fingerprint density at radius 3 is 2.24 bits per heavy atom. The van der Waals surface area contributed by atoms with Crippen LogP contribution in [0.2, 0.25) is 0 Å². The van der Waals surface area contributed by atoms with Crippen LogP contribution in [0.3, 0.4) is 0 Å². The highest BCUT2D eigenvalue weighted by molar-refractivity contribution is 6.01. The van der Waals surface area contributed by atoms with Gasteiger partial charge < -0.3 is 11.5 Å². The van der Waals surface area contributed by atoms with E-state index in [1.54, 1.807) is 6.92 Å². The van der Waals surface area contributed by atoms with Crippen LogP contribution in [0.25, 0.3) is 0 Å². The number of Topliss-reactive ketones (excluding diaryl/α,β-unsaturated/α-hetero) is 1. The van der Waals surface area contributed by atoms with Crippen LogP contribution in [0.4, 0.5) is 10.2 Å². The van der Waals surface area contributed by atoms with Crippen molar-refractivity contribution in [2.75, 3.05) is 12.3 Å². The minimum Gasteiger partial charge on any atom is -0.384 e. The lowest BCUT2D eigenvalue weighted by molar-refractivity contribution is -0.119. The number of rotatable bonds is 10. The fraction of sp³-hybridized carbons (Fsp3) is 0.250. The third kappa shape index (κ3) is 5.46. The summed E-state index contributed by atoms with van der Waals surface area (Å²) in [6.07, 6.45) is 0.252. The Hall–Kier alpha value is -4.05. The maximum atomic E-state index is 13.2. The lowest BCUT2D eigenvalue weighted by Gasteiger charge is -2.18. The minimum absolute atomic E-state index is 0.0208. The molecule has 9 nitrogen and oxygen atoms in total. The molecule has 0 saturated carbocycles. The third-order valence-corrected chi connectivity index (χ3v) is 5.45. The third-order valence-electron chi connectivity index (χ3n) is 5.45. The molecule has 10 heteroatoms. The van der Waals surface area contributed by atoms with Crippen LogP contribution in [0.1, 0.15) is 28.4 Å². The van der Waals surface area contributed by atoms with Crippen molar-refractivity contribution in [1.29, 1.82) is 0 Å². The lowest BCUT2D eigenvalue weighted by atomic mass is 10.0. The number of nitrogens with two attached hydrogens (primary N) is 2. The van der Waals surface area contributed by atoms with E-state index in [0.717, 1.165) is 14.7 Å². The van der Waals surface area contributed by atoms with E-state index in [0.29, 0.717) is 5.56 Å². The summed E-state index contributed by atoms with van der Waals surface area (Å²) >= 11 is 0. The van der Waals surface area contributed by atoms with Crippen molar-refractivity contribution in [1.82, 2.24) is 14.5 Å². The van der Waals surface area contributed by atoms with Gasteiger partial charge in [0, 0.05) is 6.54 Å². The Kier molecular flexibility index (Phi) is 7.75. The monoisotopic (exact) mass is 467 g/mol. The first-order valence-corrected chi connectivity index (χ1v) is 10.7. The van der Waals surface area contributed by atoms with Crippen LogP contribution in [0.5, 0.6) is 0 Å². The fourth-order valence-electron chi connectivity index (χ4n) is 3.61. The van der Waals surface area contributed by atoms with Crippen molar-refractivity contribution in [3.8, 4) is 0 Å². The molecule has 0 saturated heterocycles. The number of benzene rings is 2. The van der Waals surface area contributed by atoms with E-state index in [9.17, 15) is 23.6 Å². The van der Waals surface area contributed by atoms with E-state index in [1.165, 1.54) is 24.3 Å². The van der Waals surface area contributed by atoms with Gasteiger partial charge >= 0.3 is 5.69 Å². The van der Waals surface area contributed by atoms with Gasteiger partial charge in [-0.1, -0.05) is 42.5 Å². The average molecular weight is 468 g/mol. The molecule has 5 N–H and O–H groups in total. The van der Waals surface area contributed by atoms with Gasteiger partial charge in [-0.25, -0.2) is 9.18 Å². The molecule has 1 atom stereocenters. The molecule has 3 rings (SSSR count). The van der Waals surface area contributed by atoms with Crippen molar-refractivity contribution in [3.63, 3.8) is 0 Å². The number of nitrogen functional groups attached to an aromatic ring is 1. The number of hydrogen-bond acceptors (Lipinski definition) is 6.